The minimum atomic E-state index is -5.22. The molecule has 29 heavy (non-hydrogen) atoms. The summed E-state index contributed by atoms with van der Waals surface area (Å²) in [4.78, 5) is 13.2. The van der Waals surface area contributed by atoms with Gasteiger partial charge in [0.1, 0.15) is 17.6 Å². The highest BCUT2D eigenvalue weighted by molar-refractivity contribution is 7.81. The Labute approximate surface area is 172 Å². The van der Waals surface area contributed by atoms with Crippen molar-refractivity contribution < 1.29 is 51.7 Å². The minimum Gasteiger partial charge on any atom is -0.493 e. The van der Waals surface area contributed by atoms with Crippen LogP contribution in [0.5, 0.6) is 17.2 Å². The summed E-state index contributed by atoms with van der Waals surface area (Å²) < 4.78 is 129. The van der Waals surface area contributed by atoms with Gasteiger partial charge in [-0.05, 0) is 23.7 Å². The number of hydrogen-bond acceptors (Lipinski definition) is 9. The lowest BCUT2D eigenvalue weighted by Crippen LogP contribution is -2.09. The highest BCUT2D eigenvalue weighted by Gasteiger charge is 2.18. The van der Waals surface area contributed by atoms with Crippen LogP contribution in [0, 0.1) is 0 Å². The molecule has 154 valence electrons. The maximum atomic E-state index is 13.2. The van der Waals surface area contributed by atoms with Gasteiger partial charge < -0.3 is 17.5 Å². The number of ether oxygens (including phenoxy) is 1. The lowest BCUT2D eigenvalue weighted by atomic mass is 10.1. The van der Waals surface area contributed by atoms with Crippen molar-refractivity contribution >= 4 is 31.8 Å². The van der Waals surface area contributed by atoms with Crippen LogP contribution in [0.4, 0.5) is 0 Å². The van der Waals surface area contributed by atoms with E-state index in [0.29, 0.717) is 6.26 Å². The molecule has 1 heterocycles. The first-order valence-corrected chi connectivity index (χ1v) is 9.80. The third-order valence-corrected chi connectivity index (χ3v) is 3.87. The monoisotopic (exact) mass is 450 g/mol. The van der Waals surface area contributed by atoms with Crippen LogP contribution < -0.4 is 18.5 Å². The molecule has 13 heteroatoms. The first-order chi connectivity index (χ1) is 16.0. The van der Waals surface area contributed by atoms with E-state index in [1.54, 1.807) is 0 Å². The first kappa shape index (κ1) is 13.9. The normalized spacial score (nSPS) is 14.9. The molecule has 3 rings (SSSR count). The van der Waals surface area contributed by atoms with E-state index in [-0.39, 0.29) is 0 Å². The van der Waals surface area contributed by atoms with Crippen LogP contribution in [0.1, 0.15) is 8.22 Å². The van der Waals surface area contributed by atoms with E-state index >= 15 is 0 Å². The first-order valence-electron chi connectivity index (χ1n) is 10.1. The van der Waals surface area contributed by atoms with E-state index in [2.05, 4.69) is 8.37 Å². The van der Waals surface area contributed by atoms with Crippen LogP contribution in [-0.4, -0.2) is 33.1 Å². The summed E-state index contributed by atoms with van der Waals surface area (Å²) in [6, 6.07) is -5.92. The Morgan fingerprint density at radius 2 is 1.59 bits per heavy atom. The van der Waals surface area contributed by atoms with Gasteiger partial charge in [-0.3, -0.25) is 13.9 Å². The fraction of sp³-hybridized carbons (Fsp3) is 0.0625. The van der Waals surface area contributed by atoms with Gasteiger partial charge in [-0.1, -0.05) is 12.1 Å². The maximum absolute atomic E-state index is 13.2. The van der Waals surface area contributed by atoms with Gasteiger partial charge in [0, 0.05) is 6.04 Å². The molecule has 2 aromatic carbocycles. The van der Waals surface area contributed by atoms with Crippen molar-refractivity contribution in [2.45, 2.75) is 0 Å². The quantitative estimate of drug-likeness (QED) is 0.526. The van der Waals surface area contributed by atoms with Gasteiger partial charge in [-0.15, -0.1) is 0 Å². The summed E-state index contributed by atoms with van der Waals surface area (Å²) in [5, 5.41) is -0.706. The highest BCUT2D eigenvalue weighted by atomic mass is 32.3. The predicted molar refractivity (Wildman–Crippen MR) is 98.8 cm³/mol. The Morgan fingerprint density at radius 1 is 0.966 bits per heavy atom. The zero-order valence-electron chi connectivity index (χ0n) is 20.0. The number of fused-ring (bicyclic) bond motifs is 1. The molecule has 0 radical (unpaired) electrons. The molecule has 1 aromatic heterocycles. The van der Waals surface area contributed by atoms with Crippen molar-refractivity contribution in [3.63, 3.8) is 0 Å². The summed E-state index contributed by atoms with van der Waals surface area (Å²) in [6.07, 6.45) is 0.597. The number of rotatable bonds is 6. The Morgan fingerprint density at radius 3 is 2.14 bits per heavy atom. The molecule has 0 bridgehead atoms. The number of hydrogen-bond donors (Lipinski definition) is 2. The van der Waals surface area contributed by atoms with E-state index < -0.39 is 102 Å². The number of benzene rings is 2. The molecule has 3 aromatic rings. The molecule has 2 N–H and O–H groups in total. The topological polar surface area (TPSA) is 167 Å². The molecule has 0 aliphatic rings. The SMILES string of the molecule is [2H]c1c([2H])c(-c2coc3c([2H])c(OS(=O)(=O)O)c(OC)c([2H])c3c2=O)c([2H])c([2H])c1OS(=O)(=O)O. The van der Waals surface area contributed by atoms with Crippen LogP contribution in [-0.2, 0) is 20.8 Å². The molecule has 0 fully saturated rings. The molecule has 0 spiro atoms. The Balaban J connectivity index is 2.42. The smallest absolute Gasteiger partial charge is 0.446 e. The average molecular weight is 450 g/mol. The van der Waals surface area contributed by atoms with Crippen molar-refractivity contribution in [2.75, 3.05) is 7.11 Å². The zero-order chi connectivity index (χ0) is 26.6. The van der Waals surface area contributed by atoms with E-state index in [4.69, 9.17) is 26.5 Å². The lowest BCUT2D eigenvalue weighted by molar-refractivity contribution is 0.360. The summed E-state index contributed by atoms with van der Waals surface area (Å²) in [5.41, 5.74) is -3.25. The van der Waals surface area contributed by atoms with Gasteiger partial charge in [0.05, 0.1) is 26.3 Å². The van der Waals surface area contributed by atoms with Gasteiger partial charge in [0.2, 0.25) is 5.43 Å². The molecule has 0 saturated carbocycles. The zero-order valence-corrected chi connectivity index (χ0v) is 15.6. The molecular weight excluding hydrogens is 432 g/mol. The van der Waals surface area contributed by atoms with Gasteiger partial charge in [-0.2, -0.15) is 16.8 Å². The third-order valence-electron chi connectivity index (χ3n) is 3.12. The van der Waals surface area contributed by atoms with E-state index in [1.807, 2.05) is 0 Å². The minimum absolute atomic E-state index is 0.597. The van der Waals surface area contributed by atoms with Crippen molar-refractivity contribution in [2.24, 2.45) is 0 Å². The fourth-order valence-electron chi connectivity index (χ4n) is 2.07. The molecule has 0 unspecified atom stereocenters. The van der Waals surface area contributed by atoms with E-state index in [0.717, 1.165) is 7.11 Å². The summed E-state index contributed by atoms with van der Waals surface area (Å²) in [7, 11) is -9.47. The van der Waals surface area contributed by atoms with Gasteiger partial charge in [0.25, 0.3) is 0 Å². The van der Waals surface area contributed by atoms with Crippen LogP contribution in [0.25, 0.3) is 22.1 Å². The molecule has 0 saturated heterocycles. The van der Waals surface area contributed by atoms with Gasteiger partial charge >= 0.3 is 20.8 Å². The second kappa shape index (κ2) is 7.36. The molecule has 11 nitrogen and oxygen atoms in total. The summed E-state index contributed by atoms with van der Waals surface area (Å²) in [5.74, 6) is -2.89. The molecular formula is C16H12O11S2. The van der Waals surface area contributed by atoms with Crippen LogP contribution in [0.15, 0.2) is 51.7 Å². The summed E-state index contributed by atoms with van der Waals surface area (Å²) >= 11 is 0. The molecule has 0 aliphatic heterocycles. The standard InChI is InChI=1S/C16H12O11S2/c1-24-14-6-11-13(7-15(14)27-29(21,22)23)25-8-12(16(11)17)9-2-4-10(5-3-9)26-28(18,19)20/h2-8H,1H3,(H,18,19,20)(H,21,22,23)/i2D,3D,4D,5D,6D,7D. The van der Waals surface area contributed by atoms with Crippen molar-refractivity contribution in [3.05, 3.63) is 52.7 Å². The van der Waals surface area contributed by atoms with E-state index in [9.17, 15) is 21.6 Å². The molecule has 0 aliphatic carbocycles. The molecule has 0 atom stereocenters. The van der Waals surface area contributed by atoms with Gasteiger partial charge in [-0.25, -0.2) is 0 Å². The highest BCUT2D eigenvalue weighted by Crippen LogP contribution is 2.33. The fourth-order valence-corrected chi connectivity index (χ4v) is 2.69. The Kier molecular flexibility index (Phi) is 3.54. The van der Waals surface area contributed by atoms with Crippen molar-refractivity contribution in [1.29, 1.82) is 0 Å². The van der Waals surface area contributed by atoms with E-state index in [1.165, 1.54) is 0 Å². The van der Waals surface area contributed by atoms with Crippen molar-refractivity contribution in [3.8, 4) is 28.4 Å². The van der Waals surface area contributed by atoms with Crippen LogP contribution in [0.2, 0.25) is 0 Å². The Hall–Kier alpha value is -3.13. The lowest BCUT2D eigenvalue weighted by Gasteiger charge is -2.10. The number of methoxy groups -OCH3 is 1. The Bertz CT molecular complexity index is 1640. The average Bonchev–Trinajstić information content (AvgIpc) is 2.73. The van der Waals surface area contributed by atoms with Crippen LogP contribution in [0.3, 0.4) is 0 Å². The van der Waals surface area contributed by atoms with Crippen molar-refractivity contribution in [1.82, 2.24) is 0 Å². The predicted octanol–water partition coefficient (Wildman–Crippen LogP) is 1.83. The second-order valence-corrected chi connectivity index (χ2v) is 7.07. The molecule has 0 amide bonds. The third kappa shape index (κ3) is 4.83. The summed E-state index contributed by atoms with van der Waals surface area (Å²) in [6.45, 7) is 0. The maximum Gasteiger partial charge on any atom is 0.446 e. The van der Waals surface area contributed by atoms with Crippen LogP contribution >= 0.6 is 0 Å². The van der Waals surface area contributed by atoms with Gasteiger partial charge in [0.15, 0.2) is 11.5 Å². The second-order valence-electron chi connectivity index (χ2n) is 5.02. The largest absolute Gasteiger partial charge is 0.493 e.